The maximum atomic E-state index is 7.09. The molecule has 0 aromatic carbocycles. The van der Waals surface area contributed by atoms with Crippen LogP contribution < -0.4 is 0 Å². The molecule has 0 aliphatic heterocycles. The SMILES string of the molecule is CCCCCCCCCCC(CCCCCCCCC)(CCCCCCCCC(CCCCCCCCC)(CCCCCCCCCC)[Si](Cl)(Cl)Cl)[Si](Cl)(Cl)Cl. The first-order valence-corrected chi connectivity index (χ1v) is 35.2. The lowest BCUT2D eigenvalue weighted by atomic mass is 9.87. The van der Waals surface area contributed by atoms with E-state index in [1.54, 1.807) is 0 Å². The molecule has 0 spiro atoms. The summed E-state index contributed by atoms with van der Waals surface area (Å²) in [6.07, 6.45) is 53.8. The van der Waals surface area contributed by atoms with Crippen molar-refractivity contribution in [2.75, 3.05) is 0 Å². The van der Waals surface area contributed by atoms with Crippen LogP contribution in [0, 0.1) is 0 Å². The van der Waals surface area contributed by atoms with Crippen molar-refractivity contribution in [2.24, 2.45) is 0 Å². The first-order chi connectivity index (χ1) is 26.9. The van der Waals surface area contributed by atoms with Gasteiger partial charge in [0.25, 0.3) is 0 Å². The second kappa shape index (κ2) is 38.8. The van der Waals surface area contributed by atoms with Crippen molar-refractivity contribution in [1.82, 2.24) is 0 Å². The molecule has 0 saturated carbocycles. The molecule has 56 heavy (non-hydrogen) atoms. The minimum absolute atomic E-state index is 0.0661. The summed E-state index contributed by atoms with van der Waals surface area (Å²) in [5, 5.41) is -0.132. The van der Waals surface area contributed by atoms with E-state index in [9.17, 15) is 0 Å². The lowest BCUT2D eigenvalue weighted by molar-refractivity contribution is 0.372. The monoisotopic (exact) mass is 939 g/mol. The Morgan fingerprint density at radius 1 is 0.214 bits per heavy atom. The highest BCUT2D eigenvalue weighted by Gasteiger charge is 2.50. The molecule has 0 fully saturated rings. The largest absolute Gasteiger partial charge is 0.347 e. The highest BCUT2D eigenvalue weighted by molar-refractivity contribution is 7.66. The molecule has 0 heterocycles. The van der Waals surface area contributed by atoms with Gasteiger partial charge in [-0.3, -0.25) is 0 Å². The minimum Gasteiger partial charge on any atom is -0.125 e. The molecule has 0 radical (unpaired) electrons. The molecule has 338 valence electrons. The van der Waals surface area contributed by atoms with E-state index in [1.807, 2.05) is 0 Å². The van der Waals surface area contributed by atoms with Gasteiger partial charge in [-0.2, -0.15) is 0 Å². The van der Waals surface area contributed by atoms with E-state index in [4.69, 9.17) is 66.5 Å². The van der Waals surface area contributed by atoms with Gasteiger partial charge >= 0.3 is 12.0 Å². The summed E-state index contributed by atoms with van der Waals surface area (Å²) >= 11 is 42.5. The summed E-state index contributed by atoms with van der Waals surface area (Å²) in [6.45, 7) is 9.18. The van der Waals surface area contributed by atoms with Gasteiger partial charge in [0, 0.05) is 10.1 Å². The Morgan fingerprint density at radius 2 is 0.339 bits per heavy atom. The molecule has 0 aromatic heterocycles. The maximum absolute atomic E-state index is 7.09. The smallest absolute Gasteiger partial charge is 0.125 e. The molecule has 2 unspecified atom stereocenters. The number of hydrogen-bond donors (Lipinski definition) is 0. The fraction of sp³-hybridized carbons (Fsp3) is 1.00. The van der Waals surface area contributed by atoms with Gasteiger partial charge in [-0.15, -0.1) is 66.5 Å². The van der Waals surface area contributed by atoms with Crippen LogP contribution in [0.5, 0.6) is 0 Å². The number of rotatable bonds is 45. The van der Waals surface area contributed by atoms with Crippen LogP contribution >= 0.6 is 66.5 Å². The third kappa shape index (κ3) is 30.3. The Labute approximate surface area is 383 Å². The maximum Gasteiger partial charge on any atom is 0.347 e. The van der Waals surface area contributed by atoms with Crippen molar-refractivity contribution in [3.8, 4) is 0 Å². The van der Waals surface area contributed by atoms with Crippen molar-refractivity contribution in [3.63, 3.8) is 0 Å². The van der Waals surface area contributed by atoms with Crippen LogP contribution in [0.3, 0.4) is 0 Å². The molecule has 0 rings (SSSR count). The molecule has 8 heteroatoms. The molecule has 2 atom stereocenters. The van der Waals surface area contributed by atoms with Crippen molar-refractivity contribution in [2.45, 2.75) is 307 Å². The van der Waals surface area contributed by atoms with Gasteiger partial charge < -0.3 is 0 Å². The van der Waals surface area contributed by atoms with Crippen molar-refractivity contribution in [1.29, 1.82) is 0 Å². The van der Waals surface area contributed by atoms with E-state index < -0.39 is 12.0 Å². The average Bonchev–Trinajstić information content (AvgIpc) is 3.15. The predicted octanol–water partition coefficient (Wildman–Crippen LogP) is 22.2. The van der Waals surface area contributed by atoms with Crippen molar-refractivity contribution < 1.29 is 0 Å². The van der Waals surface area contributed by atoms with E-state index in [2.05, 4.69) is 27.7 Å². The quantitative estimate of drug-likeness (QED) is 0.0324. The number of unbranched alkanes of at least 4 members (excludes halogenated alkanes) is 31. The van der Waals surface area contributed by atoms with Crippen molar-refractivity contribution >= 4 is 78.5 Å². The second-order valence-electron chi connectivity index (χ2n) is 18.4. The minimum atomic E-state index is -2.89. The van der Waals surface area contributed by atoms with Crippen LogP contribution in [0.1, 0.15) is 297 Å². The van der Waals surface area contributed by atoms with E-state index in [0.717, 1.165) is 38.5 Å². The second-order valence-corrected chi connectivity index (χ2v) is 36.2. The highest BCUT2D eigenvalue weighted by Crippen LogP contribution is 2.58. The molecule has 0 N–H and O–H groups in total. The van der Waals surface area contributed by atoms with E-state index in [0.29, 0.717) is 0 Å². The van der Waals surface area contributed by atoms with Gasteiger partial charge in [0.05, 0.1) is 0 Å². The van der Waals surface area contributed by atoms with Gasteiger partial charge in [0.1, 0.15) is 0 Å². The third-order valence-corrected chi connectivity index (χ3v) is 24.4. The standard InChI is InChI=1S/C48H96Cl6Si2/c1-5-9-13-17-21-25-31-37-43-47(55(49,50)51,41-35-29-23-19-15-11-7-3)45-39-33-27-28-34-40-46-48(56(52,53)54,42-36-30-24-20-16-12-8-4)44-38-32-26-22-18-14-10-6-2/h5-46H2,1-4H3. The Bertz CT molecular complexity index is 752. The summed E-state index contributed by atoms with van der Waals surface area (Å²) in [5.74, 6) is 0. The first kappa shape index (κ1) is 58.2. The predicted molar refractivity (Wildman–Crippen MR) is 269 cm³/mol. The van der Waals surface area contributed by atoms with Gasteiger partial charge in [-0.05, 0) is 38.5 Å². The van der Waals surface area contributed by atoms with Gasteiger partial charge in [0.15, 0.2) is 0 Å². The fourth-order valence-corrected chi connectivity index (χ4v) is 17.1. The molecule has 0 aliphatic rings. The molecule has 0 aliphatic carbocycles. The van der Waals surface area contributed by atoms with Gasteiger partial charge in [0.2, 0.25) is 0 Å². The summed E-state index contributed by atoms with van der Waals surface area (Å²) < 4.78 is 0. The van der Waals surface area contributed by atoms with Crippen molar-refractivity contribution in [3.05, 3.63) is 0 Å². The third-order valence-electron chi connectivity index (χ3n) is 13.3. The highest BCUT2D eigenvalue weighted by atomic mass is 35.8. The fourth-order valence-electron chi connectivity index (χ4n) is 9.27. The van der Waals surface area contributed by atoms with Crippen LogP contribution in [0.4, 0.5) is 0 Å². The zero-order valence-electron chi connectivity index (χ0n) is 38.0. The van der Waals surface area contributed by atoms with Gasteiger partial charge in [-0.25, -0.2) is 0 Å². The van der Waals surface area contributed by atoms with E-state index in [-0.39, 0.29) is 10.1 Å². The van der Waals surface area contributed by atoms with E-state index >= 15 is 0 Å². The lowest BCUT2D eigenvalue weighted by Gasteiger charge is -2.39. The molecule has 0 nitrogen and oxygen atoms in total. The average molecular weight is 942 g/mol. The first-order valence-electron chi connectivity index (χ1n) is 25.1. The zero-order valence-corrected chi connectivity index (χ0v) is 44.5. The summed E-state index contributed by atoms with van der Waals surface area (Å²) in [7, 11) is 0. The van der Waals surface area contributed by atoms with Gasteiger partial charge in [-0.1, -0.05) is 259 Å². The van der Waals surface area contributed by atoms with Crippen LogP contribution in [-0.2, 0) is 0 Å². The Hall–Kier alpha value is 2.17. The molecule has 0 aromatic rings. The number of halogens is 6. The Balaban J connectivity index is 5.18. The van der Waals surface area contributed by atoms with Crippen LogP contribution in [0.25, 0.3) is 0 Å². The molecular weight excluding hydrogens is 845 g/mol. The molecule has 0 bridgehead atoms. The Morgan fingerprint density at radius 3 is 0.464 bits per heavy atom. The molecular formula is C48H96Cl6Si2. The Kier molecular flexibility index (Phi) is 40.3. The summed E-state index contributed by atoms with van der Waals surface area (Å²) in [6, 6.07) is -5.78. The van der Waals surface area contributed by atoms with Crippen LogP contribution in [0.15, 0.2) is 0 Å². The number of hydrogen-bond acceptors (Lipinski definition) is 0. The topological polar surface area (TPSA) is 0 Å². The summed E-state index contributed by atoms with van der Waals surface area (Å²) in [5.41, 5.74) is 0. The van der Waals surface area contributed by atoms with E-state index in [1.165, 1.54) is 231 Å². The normalized spacial score (nSPS) is 14.7. The molecule has 0 amide bonds. The molecule has 0 saturated heterocycles. The zero-order chi connectivity index (χ0) is 41.7. The van der Waals surface area contributed by atoms with Crippen LogP contribution in [-0.4, -0.2) is 12.0 Å². The van der Waals surface area contributed by atoms with Crippen LogP contribution in [0.2, 0.25) is 10.1 Å². The lowest BCUT2D eigenvalue weighted by Crippen LogP contribution is -2.34. The summed E-state index contributed by atoms with van der Waals surface area (Å²) in [4.78, 5) is 0.